The third kappa shape index (κ3) is 2.08. The lowest BCUT2D eigenvalue weighted by atomic mass is 10.0. The molecule has 0 saturated carbocycles. The highest BCUT2D eigenvalue weighted by atomic mass is 14.7. The number of hydrogen-bond donors (Lipinski definition) is 0. The van der Waals surface area contributed by atoms with Gasteiger partial charge < -0.3 is 0 Å². The van der Waals surface area contributed by atoms with Crippen LogP contribution in [0.2, 0.25) is 0 Å². The molecule has 0 amide bonds. The summed E-state index contributed by atoms with van der Waals surface area (Å²) < 4.78 is 0. The van der Waals surface area contributed by atoms with E-state index in [4.69, 9.17) is 4.98 Å². The Bertz CT molecular complexity index is 500. The van der Waals surface area contributed by atoms with Gasteiger partial charge in [-0.1, -0.05) is 31.9 Å². The van der Waals surface area contributed by atoms with Crippen molar-refractivity contribution in [3.05, 3.63) is 41.1 Å². The van der Waals surface area contributed by atoms with Crippen LogP contribution in [0.1, 0.15) is 37.1 Å². The average molecular weight is 213 g/mol. The normalized spacial score (nSPS) is 10.9. The Morgan fingerprint density at radius 3 is 2.62 bits per heavy atom. The van der Waals surface area contributed by atoms with Crippen LogP contribution in [0.25, 0.3) is 10.9 Å². The number of nitrogens with zero attached hydrogens (tertiary/aromatic N) is 1. The minimum absolute atomic E-state index is 1.08. The van der Waals surface area contributed by atoms with Crippen molar-refractivity contribution in [2.45, 2.75) is 40.0 Å². The molecule has 0 aliphatic heterocycles. The molecule has 0 N–H and O–H groups in total. The van der Waals surface area contributed by atoms with Gasteiger partial charge in [0.15, 0.2) is 0 Å². The summed E-state index contributed by atoms with van der Waals surface area (Å²) in [5, 5.41) is 1.27. The lowest BCUT2D eigenvalue weighted by Crippen LogP contribution is -1.97. The number of hydrogen-bond acceptors (Lipinski definition) is 1. The van der Waals surface area contributed by atoms with Crippen LogP contribution in [-0.4, -0.2) is 4.98 Å². The molecule has 0 bridgehead atoms. The van der Waals surface area contributed by atoms with Gasteiger partial charge >= 0.3 is 0 Å². The molecule has 1 heteroatoms. The van der Waals surface area contributed by atoms with Crippen LogP contribution in [0.5, 0.6) is 0 Å². The summed E-state index contributed by atoms with van der Waals surface area (Å²) in [4.78, 5) is 4.78. The van der Waals surface area contributed by atoms with Crippen LogP contribution in [0.15, 0.2) is 24.3 Å². The Morgan fingerprint density at radius 2 is 1.94 bits per heavy atom. The monoisotopic (exact) mass is 213 g/mol. The van der Waals surface area contributed by atoms with Crippen molar-refractivity contribution >= 4 is 10.9 Å². The van der Waals surface area contributed by atoms with Gasteiger partial charge in [0.1, 0.15) is 0 Å². The van der Waals surface area contributed by atoms with Gasteiger partial charge in [-0.25, -0.2) is 0 Å². The second-order valence-electron chi connectivity index (χ2n) is 4.39. The van der Waals surface area contributed by atoms with Crippen LogP contribution in [-0.2, 0) is 12.8 Å². The minimum atomic E-state index is 1.08. The summed E-state index contributed by atoms with van der Waals surface area (Å²) in [5.74, 6) is 0. The number of rotatable bonds is 3. The number of benzene rings is 1. The van der Waals surface area contributed by atoms with Crippen LogP contribution in [0.4, 0.5) is 0 Å². The molecule has 0 unspecified atom stereocenters. The fraction of sp³-hybridized carbons (Fsp3) is 0.400. The predicted molar refractivity (Wildman–Crippen MR) is 69.9 cm³/mol. The molecular weight excluding hydrogens is 194 g/mol. The molecule has 0 fully saturated rings. The average Bonchev–Trinajstić information content (AvgIpc) is 2.29. The summed E-state index contributed by atoms with van der Waals surface area (Å²) >= 11 is 0. The van der Waals surface area contributed by atoms with E-state index in [1.165, 1.54) is 22.2 Å². The van der Waals surface area contributed by atoms with E-state index in [1.807, 2.05) is 0 Å². The molecule has 1 nitrogen and oxygen atoms in total. The Labute approximate surface area is 97.5 Å². The van der Waals surface area contributed by atoms with Gasteiger partial charge in [0, 0.05) is 11.1 Å². The molecular formula is C15H19N. The molecule has 0 radical (unpaired) electrons. The summed E-state index contributed by atoms with van der Waals surface area (Å²) in [6, 6.07) is 8.79. The topological polar surface area (TPSA) is 12.9 Å². The zero-order valence-electron chi connectivity index (χ0n) is 10.4. The zero-order chi connectivity index (χ0) is 11.5. The van der Waals surface area contributed by atoms with E-state index in [0.29, 0.717) is 0 Å². The quantitative estimate of drug-likeness (QED) is 0.749. The molecule has 1 heterocycles. The minimum Gasteiger partial charge on any atom is -0.253 e. The van der Waals surface area contributed by atoms with Crippen LogP contribution >= 0.6 is 0 Å². The lowest BCUT2D eigenvalue weighted by molar-refractivity contribution is 0.865. The van der Waals surface area contributed by atoms with Gasteiger partial charge in [0.25, 0.3) is 0 Å². The fourth-order valence-corrected chi connectivity index (χ4v) is 2.14. The van der Waals surface area contributed by atoms with Gasteiger partial charge in [-0.15, -0.1) is 0 Å². The first kappa shape index (κ1) is 11.1. The van der Waals surface area contributed by atoms with Crippen molar-refractivity contribution in [2.24, 2.45) is 0 Å². The highest BCUT2D eigenvalue weighted by Gasteiger charge is 2.04. The van der Waals surface area contributed by atoms with Crippen LogP contribution < -0.4 is 0 Å². The number of aromatic nitrogens is 1. The second-order valence-corrected chi connectivity index (χ2v) is 4.39. The number of aryl methyl sites for hydroxylation is 3. The SMILES string of the molecule is CCCc1nc2ccc(C)cc2cc1CC. The molecule has 2 aromatic rings. The summed E-state index contributed by atoms with van der Waals surface area (Å²) in [6.07, 6.45) is 3.33. The largest absolute Gasteiger partial charge is 0.253 e. The van der Waals surface area contributed by atoms with Crippen molar-refractivity contribution in [3.8, 4) is 0 Å². The molecule has 2 rings (SSSR count). The maximum atomic E-state index is 4.78. The maximum absolute atomic E-state index is 4.78. The van der Waals surface area contributed by atoms with Crippen molar-refractivity contribution in [1.82, 2.24) is 4.98 Å². The van der Waals surface area contributed by atoms with Crippen molar-refractivity contribution in [2.75, 3.05) is 0 Å². The second kappa shape index (κ2) is 4.65. The smallest absolute Gasteiger partial charge is 0.0705 e. The van der Waals surface area contributed by atoms with E-state index in [0.717, 1.165) is 24.8 Å². The Kier molecular flexibility index (Phi) is 3.23. The van der Waals surface area contributed by atoms with E-state index < -0.39 is 0 Å². The van der Waals surface area contributed by atoms with Gasteiger partial charge in [-0.05, 0) is 43.5 Å². The standard InChI is InChI=1S/C15H19N/c1-4-6-14-12(5-2)10-13-9-11(3)7-8-15(13)16-14/h7-10H,4-6H2,1-3H3. The van der Waals surface area contributed by atoms with Crippen molar-refractivity contribution in [3.63, 3.8) is 0 Å². The maximum Gasteiger partial charge on any atom is 0.0705 e. The Hall–Kier alpha value is -1.37. The van der Waals surface area contributed by atoms with Gasteiger partial charge in [0.2, 0.25) is 0 Å². The summed E-state index contributed by atoms with van der Waals surface area (Å²) in [7, 11) is 0. The predicted octanol–water partition coefficient (Wildman–Crippen LogP) is 4.06. The van der Waals surface area contributed by atoms with E-state index in [2.05, 4.69) is 45.0 Å². The highest BCUT2D eigenvalue weighted by Crippen LogP contribution is 2.19. The zero-order valence-corrected chi connectivity index (χ0v) is 10.4. The van der Waals surface area contributed by atoms with Crippen molar-refractivity contribution < 1.29 is 0 Å². The van der Waals surface area contributed by atoms with Crippen molar-refractivity contribution in [1.29, 1.82) is 0 Å². The van der Waals surface area contributed by atoms with Crippen LogP contribution in [0.3, 0.4) is 0 Å². The first-order valence-electron chi connectivity index (χ1n) is 6.13. The molecule has 0 spiro atoms. The van der Waals surface area contributed by atoms with E-state index in [-0.39, 0.29) is 0 Å². The molecule has 1 aromatic heterocycles. The first-order valence-corrected chi connectivity index (χ1v) is 6.13. The Balaban J connectivity index is 2.60. The Morgan fingerprint density at radius 1 is 1.12 bits per heavy atom. The molecule has 16 heavy (non-hydrogen) atoms. The summed E-state index contributed by atoms with van der Waals surface area (Å²) in [6.45, 7) is 6.54. The number of pyridine rings is 1. The van der Waals surface area contributed by atoms with Crippen LogP contribution in [0, 0.1) is 6.92 Å². The highest BCUT2D eigenvalue weighted by molar-refractivity contribution is 5.80. The lowest BCUT2D eigenvalue weighted by Gasteiger charge is -2.08. The molecule has 0 aliphatic rings. The molecule has 0 atom stereocenters. The molecule has 1 aromatic carbocycles. The molecule has 0 saturated heterocycles. The van der Waals surface area contributed by atoms with E-state index in [1.54, 1.807) is 0 Å². The van der Waals surface area contributed by atoms with E-state index in [9.17, 15) is 0 Å². The molecule has 0 aliphatic carbocycles. The van der Waals surface area contributed by atoms with Gasteiger partial charge in [0.05, 0.1) is 5.52 Å². The summed E-state index contributed by atoms with van der Waals surface area (Å²) in [5.41, 5.74) is 5.12. The van der Waals surface area contributed by atoms with E-state index >= 15 is 0 Å². The van der Waals surface area contributed by atoms with Gasteiger partial charge in [-0.3, -0.25) is 4.98 Å². The fourth-order valence-electron chi connectivity index (χ4n) is 2.14. The number of fused-ring (bicyclic) bond motifs is 1. The third-order valence-corrected chi connectivity index (χ3v) is 3.01. The third-order valence-electron chi connectivity index (χ3n) is 3.01. The molecule has 84 valence electrons. The van der Waals surface area contributed by atoms with Gasteiger partial charge in [-0.2, -0.15) is 0 Å². The first-order chi connectivity index (χ1) is 7.74.